The zero-order chi connectivity index (χ0) is 20.7. The van der Waals surface area contributed by atoms with Crippen LogP contribution in [0.5, 0.6) is 0 Å². The number of sulfonamides is 1. The van der Waals surface area contributed by atoms with Gasteiger partial charge >= 0.3 is 12.1 Å². The standard InChI is InChI=1S/C15H16F3N5O3S2/c1-22-14(27-2)19-13(20-22)21-28(25,26)11-4-3-9-5-6-23(8-10(9)7-11)12(24)15(16,17)18/h3-4,7H,5-6,8H2,1-2H3,(H,20,21). The van der Waals surface area contributed by atoms with Crippen LogP contribution in [0, 0.1) is 0 Å². The van der Waals surface area contributed by atoms with Gasteiger partial charge in [-0.3, -0.25) is 4.79 Å². The summed E-state index contributed by atoms with van der Waals surface area (Å²) in [4.78, 5) is 16.0. The van der Waals surface area contributed by atoms with Gasteiger partial charge in [0.2, 0.25) is 0 Å². The molecule has 152 valence electrons. The highest BCUT2D eigenvalue weighted by Gasteiger charge is 2.43. The molecule has 0 bridgehead atoms. The van der Waals surface area contributed by atoms with E-state index in [1.54, 1.807) is 19.4 Å². The van der Waals surface area contributed by atoms with E-state index >= 15 is 0 Å². The van der Waals surface area contributed by atoms with Gasteiger partial charge in [0.1, 0.15) is 0 Å². The van der Waals surface area contributed by atoms with Gasteiger partial charge in [-0.05, 0) is 35.9 Å². The monoisotopic (exact) mass is 435 g/mol. The molecule has 0 saturated heterocycles. The maximum Gasteiger partial charge on any atom is 0.471 e. The van der Waals surface area contributed by atoms with E-state index in [1.807, 2.05) is 0 Å². The first-order valence-corrected chi connectivity index (χ1v) is 10.7. The lowest BCUT2D eigenvalue weighted by molar-refractivity contribution is -0.186. The number of halogens is 3. The van der Waals surface area contributed by atoms with Crippen molar-refractivity contribution in [3.8, 4) is 0 Å². The fraction of sp³-hybridized carbons (Fsp3) is 0.400. The molecule has 28 heavy (non-hydrogen) atoms. The van der Waals surface area contributed by atoms with Gasteiger partial charge in [-0.2, -0.15) is 18.2 Å². The van der Waals surface area contributed by atoms with Gasteiger partial charge in [-0.25, -0.2) is 17.8 Å². The van der Waals surface area contributed by atoms with E-state index in [2.05, 4.69) is 14.8 Å². The minimum absolute atomic E-state index is 0.0784. The van der Waals surface area contributed by atoms with Gasteiger partial charge in [-0.1, -0.05) is 17.8 Å². The summed E-state index contributed by atoms with van der Waals surface area (Å²) in [7, 11) is -2.43. The molecule has 1 aromatic heterocycles. The zero-order valence-electron chi connectivity index (χ0n) is 14.8. The Labute approximate surface area is 163 Å². The highest BCUT2D eigenvalue weighted by molar-refractivity contribution is 7.98. The van der Waals surface area contributed by atoms with Gasteiger partial charge in [-0.15, -0.1) is 5.10 Å². The predicted octanol–water partition coefficient (Wildman–Crippen LogP) is 1.78. The number of aryl methyl sites for hydroxylation is 1. The van der Waals surface area contributed by atoms with Gasteiger partial charge in [0, 0.05) is 20.1 Å². The first-order valence-electron chi connectivity index (χ1n) is 7.97. The normalized spacial score (nSPS) is 14.7. The van der Waals surface area contributed by atoms with Crippen LogP contribution >= 0.6 is 11.8 Å². The second-order valence-corrected chi connectivity index (χ2v) is 8.51. The van der Waals surface area contributed by atoms with Gasteiger partial charge in [0.25, 0.3) is 16.0 Å². The van der Waals surface area contributed by atoms with Crippen LogP contribution < -0.4 is 4.72 Å². The van der Waals surface area contributed by atoms with Crippen molar-refractivity contribution in [2.45, 2.75) is 29.2 Å². The number of anilines is 1. The summed E-state index contributed by atoms with van der Waals surface area (Å²) in [5, 5.41) is 4.46. The Morgan fingerprint density at radius 2 is 2.00 bits per heavy atom. The maximum absolute atomic E-state index is 12.7. The van der Waals surface area contributed by atoms with Crippen molar-refractivity contribution in [3.05, 3.63) is 29.3 Å². The molecule has 1 aliphatic heterocycles. The third-order valence-electron chi connectivity index (χ3n) is 4.16. The Balaban J connectivity index is 1.85. The minimum atomic E-state index is -4.97. The summed E-state index contributed by atoms with van der Waals surface area (Å²) in [6.07, 6.45) is -2.99. The van der Waals surface area contributed by atoms with Gasteiger partial charge in [0.15, 0.2) is 5.16 Å². The van der Waals surface area contributed by atoms with Crippen LogP contribution in [-0.4, -0.2) is 53.0 Å². The molecule has 8 nitrogen and oxygen atoms in total. The molecule has 13 heteroatoms. The molecule has 0 saturated carbocycles. The topological polar surface area (TPSA) is 97.2 Å². The number of benzene rings is 1. The lowest BCUT2D eigenvalue weighted by Gasteiger charge is -2.29. The van der Waals surface area contributed by atoms with E-state index < -0.39 is 22.1 Å². The molecule has 0 fully saturated rings. The van der Waals surface area contributed by atoms with Crippen LogP contribution in [0.25, 0.3) is 0 Å². The SMILES string of the molecule is CSc1nc(NS(=O)(=O)c2ccc3c(c2)CN(C(=O)C(F)(F)F)CC3)nn1C. The summed E-state index contributed by atoms with van der Waals surface area (Å²) in [5.74, 6) is -2.05. The third-order valence-corrected chi connectivity index (χ3v) is 6.21. The molecule has 0 aliphatic carbocycles. The Bertz CT molecular complexity index is 1020. The number of aromatic nitrogens is 3. The molecule has 3 rings (SSSR count). The Morgan fingerprint density at radius 1 is 1.29 bits per heavy atom. The number of rotatable bonds is 4. The average Bonchev–Trinajstić information content (AvgIpc) is 2.97. The molecule has 0 radical (unpaired) electrons. The van der Waals surface area contributed by atoms with E-state index in [4.69, 9.17) is 0 Å². The van der Waals surface area contributed by atoms with E-state index in [0.717, 1.165) is 0 Å². The number of amides is 1. The minimum Gasteiger partial charge on any atom is -0.330 e. The number of carbonyl (C=O) groups excluding carboxylic acids is 1. The van der Waals surface area contributed by atoms with Crippen molar-refractivity contribution < 1.29 is 26.4 Å². The quantitative estimate of drug-likeness (QED) is 0.736. The van der Waals surface area contributed by atoms with Crippen LogP contribution in [-0.2, 0) is 34.8 Å². The summed E-state index contributed by atoms with van der Waals surface area (Å²) < 4.78 is 66.9. The molecule has 2 heterocycles. The van der Waals surface area contributed by atoms with Crippen LogP contribution in [0.15, 0.2) is 28.3 Å². The molecule has 0 spiro atoms. The van der Waals surface area contributed by atoms with Crippen LogP contribution in [0.3, 0.4) is 0 Å². The van der Waals surface area contributed by atoms with Gasteiger partial charge in [0.05, 0.1) is 4.90 Å². The maximum atomic E-state index is 12.7. The van der Waals surface area contributed by atoms with Gasteiger partial charge < -0.3 is 4.90 Å². The summed E-state index contributed by atoms with van der Waals surface area (Å²) in [6.45, 7) is -0.388. The number of carbonyl (C=O) groups is 1. The van der Waals surface area contributed by atoms with E-state index in [1.165, 1.54) is 28.6 Å². The molecule has 1 amide bonds. The number of nitrogens with one attached hydrogen (secondary N) is 1. The predicted molar refractivity (Wildman–Crippen MR) is 95.2 cm³/mol. The molecular weight excluding hydrogens is 419 g/mol. The van der Waals surface area contributed by atoms with Crippen molar-refractivity contribution in [1.29, 1.82) is 0 Å². The summed E-state index contributed by atoms with van der Waals surface area (Å²) in [6, 6.07) is 4.17. The number of thioether (sulfide) groups is 1. The Hall–Kier alpha value is -2.28. The smallest absolute Gasteiger partial charge is 0.330 e. The third kappa shape index (κ3) is 4.09. The second kappa shape index (κ2) is 7.28. The lowest BCUT2D eigenvalue weighted by Crippen LogP contribution is -2.43. The first kappa shape index (κ1) is 20.5. The number of alkyl halides is 3. The second-order valence-electron chi connectivity index (χ2n) is 6.06. The molecule has 0 unspecified atom stereocenters. The molecule has 0 atom stereocenters. The largest absolute Gasteiger partial charge is 0.471 e. The number of hydrogen-bond donors (Lipinski definition) is 1. The van der Waals surface area contributed by atoms with Crippen LogP contribution in [0.1, 0.15) is 11.1 Å². The molecule has 1 aliphatic rings. The molecular formula is C15H16F3N5O3S2. The average molecular weight is 435 g/mol. The highest BCUT2D eigenvalue weighted by Crippen LogP contribution is 2.27. The van der Waals surface area contributed by atoms with Crippen LogP contribution in [0.2, 0.25) is 0 Å². The molecule has 1 N–H and O–H groups in total. The number of fused-ring (bicyclic) bond motifs is 1. The molecule has 1 aromatic carbocycles. The summed E-state index contributed by atoms with van der Waals surface area (Å²) >= 11 is 1.29. The fourth-order valence-electron chi connectivity index (χ4n) is 2.82. The Morgan fingerprint density at radius 3 is 2.61 bits per heavy atom. The van der Waals surface area contributed by atoms with E-state index in [9.17, 15) is 26.4 Å². The van der Waals surface area contributed by atoms with Crippen molar-refractivity contribution in [3.63, 3.8) is 0 Å². The lowest BCUT2D eigenvalue weighted by atomic mass is 10.00. The first-order chi connectivity index (χ1) is 13.0. The van der Waals surface area contributed by atoms with E-state index in [-0.39, 0.29) is 30.4 Å². The summed E-state index contributed by atoms with van der Waals surface area (Å²) in [5.41, 5.74) is 1.05. The van der Waals surface area contributed by atoms with Crippen molar-refractivity contribution in [2.24, 2.45) is 7.05 Å². The number of nitrogens with zero attached hydrogens (tertiary/aromatic N) is 4. The van der Waals surface area contributed by atoms with Crippen molar-refractivity contribution >= 4 is 33.6 Å². The Kier molecular flexibility index (Phi) is 5.32. The van der Waals surface area contributed by atoms with E-state index in [0.29, 0.717) is 21.2 Å². The van der Waals surface area contributed by atoms with Crippen molar-refractivity contribution in [1.82, 2.24) is 19.7 Å². The number of hydrogen-bond acceptors (Lipinski definition) is 6. The van der Waals surface area contributed by atoms with Crippen LogP contribution in [0.4, 0.5) is 19.1 Å². The molecule has 2 aromatic rings. The fourth-order valence-corrected chi connectivity index (χ4v) is 4.30. The zero-order valence-corrected chi connectivity index (χ0v) is 16.5. The van der Waals surface area contributed by atoms with Crippen molar-refractivity contribution in [2.75, 3.05) is 17.5 Å². The highest BCUT2D eigenvalue weighted by atomic mass is 32.2.